The average Bonchev–Trinajstić information content (AvgIpc) is 3.18. The molecule has 1 N–H and O–H groups in total. The molecule has 104 valence electrons. The van der Waals surface area contributed by atoms with Crippen molar-refractivity contribution in [3.63, 3.8) is 0 Å². The van der Waals surface area contributed by atoms with Crippen molar-refractivity contribution in [2.45, 2.75) is 30.7 Å². The Morgan fingerprint density at radius 3 is 3.15 bits per heavy atom. The lowest BCUT2D eigenvalue weighted by Gasteiger charge is -1.91. The van der Waals surface area contributed by atoms with Gasteiger partial charge in [0.15, 0.2) is 5.82 Å². The van der Waals surface area contributed by atoms with E-state index in [0.717, 1.165) is 29.4 Å². The van der Waals surface area contributed by atoms with Crippen molar-refractivity contribution in [3.05, 3.63) is 29.2 Å². The molecule has 0 aliphatic heterocycles. The maximum Gasteiger partial charge on any atom is 0.277 e. The summed E-state index contributed by atoms with van der Waals surface area (Å²) in [5, 5.41) is 17.7. The van der Waals surface area contributed by atoms with Gasteiger partial charge >= 0.3 is 0 Å². The van der Waals surface area contributed by atoms with Crippen LogP contribution in [0.5, 0.6) is 0 Å². The Bertz CT molecular complexity index is 661. The van der Waals surface area contributed by atoms with Crippen molar-refractivity contribution in [1.82, 2.24) is 25.4 Å². The molecular weight excluding hydrogens is 294 g/mol. The predicted molar refractivity (Wildman–Crippen MR) is 77.5 cm³/mol. The Morgan fingerprint density at radius 1 is 1.40 bits per heavy atom. The van der Waals surface area contributed by atoms with E-state index >= 15 is 0 Å². The van der Waals surface area contributed by atoms with Crippen LogP contribution < -0.4 is 0 Å². The van der Waals surface area contributed by atoms with Gasteiger partial charge < -0.3 is 4.42 Å². The second kappa shape index (κ2) is 6.19. The molecule has 0 fully saturated rings. The number of aromatic amines is 1. The Kier molecular flexibility index (Phi) is 4.12. The second-order valence-corrected chi connectivity index (χ2v) is 5.96. The van der Waals surface area contributed by atoms with Crippen molar-refractivity contribution in [2.75, 3.05) is 0 Å². The first kappa shape index (κ1) is 13.3. The van der Waals surface area contributed by atoms with Crippen LogP contribution >= 0.6 is 23.1 Å². The normalized spacial score (nSPS) is 11.1. The van der Waals surface area contributed by atoms with Gasteiger partial charge in [-0.15, -0.1) is 21.5 Å². The lowest BCUT2D eigenvalue weighted by molar-refractivity contribution is 0.411. The maximum atomic E-state index is 5.51. The van der Waals surface area contributed by atoms with E-state index in [9.17, 15) is 0 Å². The highest BCUT2D eigenvalue weighted by molar-refractivity contribution is 7.98. The van der Waals surface area contributed by atoms with Crippen molar-refractivity contribution >= 4 is 23.1 Å². The molecule has 0 bridgehead atoms. The molecule has 3 aromatic heterocycles. The number of aromatic nitrogens is 5. The first-order valence-electron chi connectivity index (χ1n) is 6.25. The van der Waals surface area contributed by atoms with Gasteiger partial charge in [0.2, 0.25) is 5.89 Å². The maximum absolute atomic E-state index is 5.51. The van der Waals surface area contributed by atoms with Crippen molar-refractivity contribution in [1.29, 1.82) is 0 Å². The lowest BCUT2D eigenvalue weighted by atomic mass is 10.3. The van der Waals surface area contributed by atoms with Gasteiger partial charge in [-0.05, 0) is 17.9 Å². The Labute approximate surface area is 124 Å². The number of aryl methyl sites for hydroxylation is 1. The molecule has 0 spiro atoms. The number of hydrogen-bond acceptors (Lipinski definition) is 7. The van der Waals surface area contributed by atoms with Crippen LogP contribution in [-0.2, 0) is 12.2 Å². The highest BCUT2D eigenvalue weighted by atomic mass is 32.2. The van der Waals surface area contributed by atoms with Crippen LogP contribution in [0.2, 0.25) is 0 Å². The molecule has 0 saturated carbocycles. The van der Waals surface area contributed by atoms with Crippen LogP contribution in [0.3, 0.4) is 0 Å². The molecule has 0 radical (unpaired) electrons. The molecule has 0 aliphatic carbocycles. The Hall–Kier alpha value is -1.67. The van der Waals surface area contributed by atoms with Crippen LogP contribution in [0.4, 0.5) is 0 Å². The molecule has 0 aliphatic rings. The van der Waals surface area contributed by atoms with Crippen LogP contribution in [0.15, 0.2) is 27.2 Å². The van der Waals surface area contributed by atoms with Crippen molar-refractivity contribution < 1.29 is 4.42 Å². The number of hydrogen-bond donors (Lipinski definition) is 1. The summed E-state index contributed by atoms with van der Waals surface area (Å²) in [5.74, 6) is 2.85. The molecule has 0 amide bonds. The summed E-state index contributed by atoms with van der Waals surface area (Å²) in [6.45, 7) is 2.08. The molecule has 3 heterocycles. The third-order valence-electron chi connectivity index (χ3n) is 2.52. The second-order valence-electron chi connectivity index (χ2n) is 4.08. The number of H-pyrrole nitrogens is 1. The summed E-state index contributed by atoms with van der Waals surface area (Å²) in [6.07, 6.45) is 1.82. The Morgan fingerprint density at radius 2 is 2.35 bits per heavy atom. The zero-order valence-electron chi connectivity index (χ0n) is 10.9. The fourth-order valence-corrected chi connectivity index (χ4v) is 2.92. The summed E-state index contributed by atoms with van der Waals surface area (Å²) in [5.41, 5.74) is 0. The van der Waals surface area contributed by atoms with Crippen LogP contribution in [0.25, 0.3) is 10.7 Å². The molecular formula is C12H13N5OS2. The van der Waals surface area contributed by atoms with Gasteiger partial charge in [0.05, 0.1) is 10.6 Å². The van der Waals surface area contributed by atoms with Crippen LogP contribution in [0, 0.1) is 0 Å². The molecule has 0 aromatic carbocycles. The zero-order chi connectivity index (χ0) is 13.8. The van der Waals surface area contributed by atoms with Gasteiger partial charge in [-0.1, -0.05) is 24.8 Å². The fraction of sp³-hybridized carbons (Fsp3) is 0.333. The van der Waals surface area contributed by atoms with Crippen LogP contribution in [-0.4, -0.2) is 25.4 Å². The SMILES string of the molecule is CCCc1nnc(SCc2nc(-c3cccs3)n[nH]2)o1. The van der Waals surface area contributed by atoms with E-state index in [1.165, 1.54) is 11.8 Å². The number of thiophene rings is 1. The fourth-order valence-electron chi connectivity index (χ4n) is 1.62. The number of nitrogens with zero attached hydrogens (tertiary/aromatic N) is 4. The largest absolute Gasteiger partial charge is 0.416 e. The lowest BCUT2D eigenvalue weighted by Crippen LogP contribution is -1.84. The van der Waals surface area contributed by atoms with Gasteiger partial charge in [-0.2, -0.15) is 5.10 Å². The summed E-state index contributed by atoms with van der Waals surface area (Å²) in [7, 11) is 0. The van der Waals surface area contributed by atoms with E-state index in [-0.39, 0.29) is 0 Å². The number of thioether (sulfide) groups is 1. The third-order valence-corrected chi connectivity index (χ3v) is 4.21. The van der Waals surface area contributed by atoms with E-state index < -0.39 is 0 Å². The van der Waals surface area contributed by atoms with E-state index in [1.54, 1.807) is 11.3 Å². The van der Waals surface area contributed by atoms with Gasteiger partial charge in [0.1, 0.15) is 5.82 Å². The van der Waals surface area contributed by atoms with E-state index in [2.05, 4.69) is 32.3 Å². The average molecular weight is 307 g/mol. The monoisotopic (exact) mass is 307 g/mol. The Balaban J connectivity index is 1.60. The quantitative estimate of drug-likeness (QED) is 0.705. The minimum atomic E-state index is 0.572. The first-order chi connectivity index (χ1) is 9.85. The molecule has 0 unspecified atom stereocenters. The summed E-state index contributed by atoms with van der Waals surface area (Å²) in [4.78, 5) is 5.50. The minimum Gasteiger partial charge on any atom is -0.416 e. The highest BCUT2D eigenvalue weighted by Crippen LogP contribution is 2.23. The molecule has 6 nitrogen and oxygen atoms in total. The predicted octanol–water partition coefficient (Wildman–Crippen LogP) is 3.16. The minimum absolute atomic E-state index is 0.572. The van der Waals surface area contributed by atoms with Gasteiger partial charge in [0.25, 0.3) is 5.22 Å². The molecule has 3 aromatic rings. The molecule has 8 heteroatoms. The molecule has 0 saturated heterocycles. The zero-order valence-corrected chi connectivity index (χ0v) is 12.5. The smallest absolute Gasteiger partial charge is 0.277 e. The van der Waals surface area contributed by atoms with Crippen molar-refractivity contribution in [3.8, 4) is 10.7 Å². The first-order valence-corrected chi connectivity index (χ1v) is 8.12. The summed E-state index contributed by atoms with van der Waals surface area (Å²) >= 11 is 3.08. The molecule has 20 heavy (non-hydrogen) atoms. The van der Waals surface area contributed by atoms with Gasteiger partial charge in [-0.25, -0.2) is 4.98 Å². The van der Waals surface area contributed by atoms with Gasteiger partial charge in [-0.3, -0.25) is 5.10 Å². The van der Waals surface area contributed by atoms with Gasteiger partial charge in [0, 0.05) is 6.42 Å². The number of nitrogens with one attached hydrogen (secondary N) is 1. The standard InChI is InChI=1S/C12H13N5OS2/c1-2-4-10-15-17-12(18-10)20-7-9-13-11(16-14-9)8-5-3-6-19-8/h3,5-6H,2,4,7H2,1H3,(H,13,14,16). The summed E-state index contributed by atoms with van der Waals surface area (Å²) < 4.78 is 5.51. The summed E-state index contributed by atoms with van der Waals surface area (Å²) in [6, 6.07) is 3.98. The van der Waals surface area contributed by atoms with Crippen molar-refractivity contribution in [2.24, 2.45) is 0 Å². The molecule has 3 rings (SSSR count). The van der Waals surface area contributed by atoms with Crippen LogP contribution in [0.1, 0.15) is 25.1 Å². The number of rotatable bonds is 6. The van der Waals surface area contributed by atoms with E-state index in [4.69, 9.17) is 4.42 Å². The molecule has 0 atom stereocenters. The van der Waals surface area contributed by atoms with E-state index in [0.29, 0.717) is 16.9 Å². The highest BCUT2D eigenvalue weighted by Gasteiger charge is 2.10. The third kappa shape index (κ3) is 3.07. The topological polar surface area (TPSA) is 80.5 Å². The van der Waals surface area contributed by atoms with E-state index in [1.807, 2.05) is 17.5 Å².